The second kappa shape index (κ2) is 6.89. The highest BCUT2D eigenvalue weighted by Gasteiger charge is 2.15. The minimum atomic E-state index is -0.296. The second-order valence-electron chi connectivity index (χ2n) is 7.79. The minimum Gasteiger partial charge on any atom is -0.237 e. The lowest BCUT2D eigenvalue weighted by Crippen LogP contribution is -2.02. The van der Waals surface area contributed by atoms with E-state index in [1.54, 1.807) is 6.07 Å². The second-order valence-corrected chi connectivity index (χ2v) is 7.79. The molecule has 0 saturated carbocycles. The van der Waals surface area contributed by atoms with Crippen LogP contribution in [-0.2, 0) is 0 Å². The Balaban J connectivity index is 1.96. The van der Waals surface area contributed by atoms with Gasteiger partial charge in [0.05, 0.1) is 22.4 Å². The summed E-state index contributed by atoms with van der Waals surface area (Å²) in [5.41, 5.74) is 4.33. The van der Waals surface area contributed by atoms with Crippen LogP contribution in [0.3, 0.4) is 0 Å². The van der Waals surface area contributed by atoms with Crippen molar-refractivity contribution >= 4 is 21.8 Å². The van der Waals surface area contributed by atoms with E-state index >= 15 is 0 Å². The Hall–Kier alpha value is -2.95. The van der Waals surface area contributed by atoms with Crippen LogP contribution in [0.15, 0.2) is 36.4 Å². The number of nitrogens with zero attached hydrogens (tertiary/aromatic N) is 4. The lowest BCUT2D eigenvalue weighted by Gasteiger charge is -2.13. The van der Waals surface area contributed by atoms with Crippen LogP contribution in [-0.4, -0.2) is 19.9 Å². The topological polar surface area (TPSA) is 51.6 Å². The molecule has 0 bridgehead atoms. The zero-order chi connectivity index (χ0) is 20.0. The molecular formula is C23H23FN4. The van der Waals surface area contributed by atoms with Crippen LogP contribution in [0.1, 0.15) is 56.7 Å². The van der Waals surface area contributed by atoms with Crippen LogP contribution in [0.2, 0.25) is 0 Å². The van der Waals surface area contributed by atoms with Gasteiger partial charge in [-0.15, -0.1) is 0 Å². The third-order valence-electron chi connectivity index (χ3n) is 4.88. The molecule has 0 spiro atoms. The van der Waals surface area contributed by atoms with Crippen molar-refractivity contribution < 1.29 is 4.39 Å². The fourth-order valence-electron chi connectivity index (χ4n) is 3.55. The van der Waals surface area contributed by atoms with Crippen molar-refractivity contribution in [1.82, 2.24) is 19.9 Å². The van der Waals surface area contributed by atoms with Crippen LogP contribution in [0.25, 0.3) is 33.2 Å². The van der Waals surface area contributed by atoms with E-state index in [0.29, 0.717) is 17.3 Å². The molecular weight excluding hydrogens is 351 g/mol. The van der Waals surface area contributed by atoms with Gasteiger partial charge in [0, 0.05) is 22.4 Å². The lowest BCUT2D eigenvalue weighted by molar-refractivity contribution is 0.629. The third-order valence-corrected chi connectivity index (χ3v) is 4.88. The van der Waals surface area contributed by atoms with E-state index in [-0.39, 0.29) is 11.7 Å². The average Bonchev–Trinajstić information content (AvgIpc) is 2.65. The van der Waals surface area contributed by atoms with Crippen molar-refractivity contribution in [1.29, 1.82) is 0 Å². The molecule has 2 aromatic carbocycles. The first-order valence-electron chi connectivity index (χ1n) is 9.59. The summed E-state index contributed by atoms with van der Waals surface area (Å²) >= 11 is 0. The van der Waals surface area contributed by atoms with Crippen molar-refractivity contribution in [2.24, 2.45) is 0 Å². The number of rotatable bonds is 3. The fourth-order valence-corrected chi connectivity index (χ4v) is 3.55. The minimum absolute atomic E-state index is 0.201. The zero-order valence-electron chi connectivity index (χ0n) is 16.8. The Bertz CT molecular complexity index is 1200. The molecule has 28 heavy (non-hydrogen) atoms. The molecule has 5 heteroatoms. The molecule has 0 fully saturated rings. The smallest absolute Gasteiger partial charge is 0.160 e. The molecule has 0 aliphatic heterocycles. The van der Waals surface area contributed by atoms with Gasteiger partial charge in [-0.1, -0.05) is 39.8 Å². The predicted molar refractivity (Wildman–Crippen MR) is 111 cm³/mol. The number of halogens is 1. The summed E-state index contributed by atoms with van der Waals surface area (Å²) in [4.78, 5) is 18.7. The molecule has 4 aromatic rings. The lowest BCUT2D eigenvalue weighted by atomic mass is 10.0. The standard InChI is InChI=1S/C23H23FN4/c1-12(2)21-17-8-6-15(10-19(17)25-14(5)26-21)23-27-20-11-16(24)7-9-18(20)22(28-23)13(3)4/h6-13H,1-5H3. The molecule has 0 unspecified atom stereocenters. The van der Waals surface area contributed by atoms with Crippen LogP contribution in [0, 0.1) is 12.7 Å². The number of benzene rings is 2. The van der Waals surface area contributed by atoms with Crippen LogP contribution in [0.5, 0.6) is 0 Å². The first-order valence-corrected chi connectivity index (χ1v) is 9.59. The van der Waals surface area contributed by atoms with Gasteiger partial charge in [-0.3, -0.25) is 0 Å². The molecule has 0 aliphatic rings. The SMILES string of the molecule is Cc1nc(C(C)C)c2ccc(-c3nc(C(C)C)c4ccc(F)cc4n3)cc2n1. The molecule has 0 aliphatic carbocycles. The van der Waals surface area contributed by atoms with E-state index in [2.05, 4.69) is 42.6 Å². The number of hydrogen-bond acceptors (Lipinski definition) is 4. The quantitative estimate of drug-likeness (QED) is 0.446. The highest BCUT2D eigenvalue weighted by Crippen LogP contribution is 2.30. The normalized spacial score (nSPS) is 11.9. The largest absolute Gasteiger partial charge is 0.237 e. The van der Waals surface area contributed by atoms with Gasteiger partial charge < -0.3 is 0 Å². The van der Waals surface area contributed by atoms with E-state index in [9.17, 15) is 4.39 Å². The van der Waals surface area contributed by atoms with Gasteiger partial charge in [0.2, 0.25) is 0 Å². The van der Waals surface area contributed by atoms with Gasteiger partial charge in [0.25, 0.3) is 0 Å². The monoisotopic (exact) mass is 374 g/mol. The van der Waals surface area contributed by atoms with Gasteiger partial charge in [-0.05, 0) is 37.0 Å². The molecule has 0 atom stereocenters. The highest BCUT2D eigenvalue weighted by atomic mass is 19.1. The van der Waals surface area contributed by atoms with Gasteiger partial charge in [-0.2, -0.15) is 0 Å². The summed E-state index contributed by atoms with van der Waals surface area (Å²) in [6, 6.07) is 10.7. The average molecular weight is 374 g/mol. The molecule has 0 saturated heterocycles. The number of aromatic nitrogens is 4. The zero-order valence-corrected chi connectivity index (χ0v) is 16.8. The van der Waals surface area contributed by atoms with E-state index in [1.807, 2.05) is 25.1 Å². The Labute approximate surface area is 163 Å². The molecule has 2 aromatic heterocycles. The van der Waals surface area contributed by atoms with Gasteiger partial charge in [0.1, 0.15) is 11.6 Å². The Morgan fingerprint density at radius 3 is 2.00 bits per heavy atom. The maximum atomic E-state index is 13.8. The maximum Gasteiger partial charge on any atom is 0.160 e. The Morgan fingerprint density at radius 2 is 1.32 bits per heavy atom. The van der Waals surface area contributed by atoms with E-state index < -0.39 is 0 Å². The molecule has 0 radical (unpaired) electrons. The van der Waals surface area contributed by atoms with Crippen LogP contribution in [0.4, 0.5) is 4.39 Å². The first-order chi connectivity index (χ1) is 13.3. The molecule has 2 heterocycles. The third kappa shape index (κ3) is 3.21. The van der Waals surface area contributed by atoms with Gasteiger partial charge >= 0.3 is 0 Å². The summed E-state index contributed by atoms with van der Waals surface area (Å²) in [5.74, 6) is 1.55. The van der Waals surface area contributed by atoms with Gasteiger partial charge in [-0.25, -0.2) is 24.3 Å². The number of fused-ring (bicyclic) bond motifs is 2. The van der Waals surface area contributed by atoms with E-state index in [0.717, 1.165) is 39.1 Å². The Morgan fingerprint density at radius 1 is 0.714 bits per heavy atom. The maximum absolute atomic E-state index is 13.8. The van der Waals surface area contributed by atoms with Crippen molar-refractivity contribution in [2.45, 2.75) is 46.5 Å². The summed E-state index contributed by atoms with van der Waals surface area (Å²) in [5, 5.41) is 1.93. The fraction of sp³-hybridized carbons (Fsp3) is 0.304. The molecule has 142 valence electrons. The summed E-state index contributed by atoms with van der Waals surface area (Å²) in [7, 11) is 0. The van der Waals surface area contributed by atoms with Crippen LogP contribution < -0.4 is 0 Å². The number of hydrogen-bond donors (Lipinski definition) is 0. The van der Waals surface area contributed by atoms with Crippen molar-refractivity contribution in [3.8, 4) is 11.4 Å². The van der Waals surface area contributed by atoms with E-state index in [1.165, 1.54) is 12.1 Å². The molecule has 0 N–H and O–H groups in total. The molecule has 4 rings (SSSR count). The van der Waals surface area contributed by atoms with Crippen LogP contribution >= 0.6 is 0 Å². The van der Waals surface area contributed by atoms with Crippen molar-refractivity contribution in [2.75, 3.05) is 0 Å². The highest BCUT2D eigenvalue weighted by molar-refractivity contribution is 5.87. The molecule has 4 nitrogen and oxygen atoms in total. The Kier molecular flexibility index (Phi) is 4.53. The predicted octanol–water partition coefficient (Wildman–Crippen LogP) is 5.93. The summed E-state index contributed by atoms with van der Waals surface area (Å²) < 4.78 is 13.8. The van der Waals surface area contributed by atoms with E-state index in [4.69, 9.17) is 4.98 Å². The first kappa shape index (κ1) is 18.4. The van der Waals surface area contributed by atoms with Gasteiger partial charge in [0.15, 0.2) is 5.82 Å². The van der Waals surface area contributed by atoms with Crippen molar-refractivity contribution in [3.05, 3.63) is 59.4 Å². The molecule has 0 amide bonds. The van der Waals surface area contributed by atoms with Crippen molar-refractivity contribution in [3.63, 3.8) is 0 Å². The summed E-state index contributed by atoms with van der Waals surface area (Å²) in [6.45, 7) is 10.3. The summed E-state index contributed by atoms with van der Waals surface area (Å²) in [6.07, 6.45) is 0. The number of aryl methyl sites for hydroxylation is 1.